The fourth-order valence-electron chi connectivity index (χ4n) is 1.71. The van der Waals surface area contributed by atoms with E-state index < -0.39 is 10.9 Å². The van der Waals surface area contributed by atoms with Gasteiger partial charge in [-0.25, -0.2) is 4.79 Å². The number of hydrogen-bond acceptors (Lipinski definition) is 6. The Morgan fingerprint density at radius 2 is 2.20 bits per heavy atom. The Hall–Kier alpha value is -2.41. The summed E-state index contributed by atoms with van der Waals surface area (Å²) in [4.78, 5) is 21.8. The lowest BCUT2D eigenvalue weighted by Gasteiger charge is -2.03. The zero-order chi connectivity index (χ0) is 14.9. The van der Waals surface area contributed by atoms with Crippen molar-refractivity contribution in [2.45, 2.75) is 6.92 Å². The maximum Gasteiger partial charge on any atom is 0.343 e. The zero-order valence-corrected chi connectivity index (χ0v) is 11.3. The smallest absolute Gasteiger partial charge is 0.343 e. The van der Waals surface area contributed by atoms with E-state index in [9.17, 15) is 14.9 Å². The van der Waals surface area contributed by atoms with Gasteiger partial charge in [-0.1, -0.05) is 16.8 Å². The van der Waals surface area contributed by atoms with Gasteiger partial charge in [-0.2, -0.15) is 0 Å². The minimum absolute atomic E-state index is 0.0950. The summed E-state index contributed by atoms with van der Waals surface area (Å²) in [7, 11) is 1.23. The second-order valence-electron chi connectivity index (χ2n) is 3.88. The van der Waals surface area contributed by atoms with Gasteiger partial charge in [0.05, 0.1) is 17.1 Å². The third-order valence-electron chi connectivity index (χ3n) is 2.67. The number of ether oxygens (including phenoxy) is 1. The number of aromatic nitrogens is 1. The second kappa shape index (κ2) is 5.30. The normalized spacial score (nSPS) is 10.3. The molecule has 1 heterocycles. The van der Waals surface area contributed by atoms with Crippen molar-refractivity contribution >= 4 is 23.3 Å². The lowest BCUT2D eigenvalue weighted by Crippen LogP contribution is -2.03. The van der Waals surface area contributed by atoms with E-state index in [1.54, 1.807) is 6.92 Å². The van der Waals surface area contributed by atoms with Crippen LogP contribution < -0.4 is 0 Å². The number of halogens is 1. The van der Waals surface area contributed by atoms with Gasteiger partial charge in [0.2, 0.25) is 0 Å². The highest BCUT2D eigenvalue weighted by atomic mass is 35.5. The van der Waals surface area contributed by atoms with E-state index in [1.165, 1.54) is 25.3 Å². The summed E-state index contributed by atoms with van der Waals surface area (Å²) in [5.41, 5.74) is 0.533. The van der Waals surface area contributed by atoms with Crippen molar-refractivity contribution in [1.29, 1.82) is 0 Å². The molecule has 2 aromatic rings. The minimum Gasteiger partial charge on any atom is -0.465 e. The van der Waals surface area contributed by atoms with Crippen molar-refractivity contribution in [3.63, 3.8) is 0 Å². The van der Waals surface area contributed by atoms with E-state index in [0.717, 1.165) is 0 Å². The second-order valence-corrected chi connectivity index (χ2v) is 4.28. The summed E-state index contributed by atoms with van der Waals surface area (Å²) < 4.78 is 9.61. The SMILES string of the molecule is COC(=O)c1c(-c2ccc([N+](=O)[O-])cc2Cl)noc1C. The van der Waals surface area contributed by atoms with Crippen LogP contribution in [0.3, 0.4) is 0 Å². The summed E-state index contributed by atoms with van der Waals surface area (Å²) in [6, 6.07) is 3.86. The number of methoxy groups -OCH3 is 1. The average molecular weight is 297 g/mol. The number of benzene rings is 1. The molecule has 2 rings (SSSR count). The van der Waals surface area contributed by atoms with E-state index in [2.05, 4.69) is 9.89 Å². The molecule has 20 heavy (non-hydrogen) atoms. The topological polar surface area (TPSA) is 95.5 Å². The molecule has 0 N–H and O–H groups in total. The number of carbonyl (C=O) groups excluding carboxylic acids is 1. The van der Waals surface area contributed by atoms with Crippen LogP contribution in [-0.4, -0.2) is 23.2 Å². The third kappa shape index (κ3) is 2.35. The maximum atomic E-state index is 11.7. The van der Waals surface area contributed by atoms with Crippen LogP contribution in [0.2, 0.25) is 5.02 Å². The van der Waals surface area contributed by atoms with Crippen molar-refractivity contribution in [1.82, 2.24) is 5.16 Å². The number of nitro benzene ring substituents is 1. The number of carbonyl (C=O) groups is 1. The van der Waals surface area contributed by atoms with Crippen molar-refractivity contribution < 1.29 is 19.0 Å². The number of rotatable bonds is 3. The number of nitrogens with zero attached hydrogens (tertiary/aromatic N) is 2. The molecule has 0 spiro atoms. The fourth-order valence-corrected chi connectivity index (χ4v) is 1.97. The zero-order valence-electron chi connectivity index (χ0n) is 10.5. The Morgan fingerprint density at radius 3 is 2.75 bits per heavy atom. The summed E-state index contributed by atoms with van der Waals surface area (Å²) in [6.45, 7) is 1.56. The number of esters is 1. The summed E-state index contributed by atoms with van der Waals surface area (Å²) in [5.74, 6) is -0.338. The number of hydrogen-bond donors (Lipinski definition) is 0. The van der Waals surface area contributed by atoms with Crippen molar-refractivity contribution in [3.8, 4) is 11.3 Å². The Bertz CT molecular complexity index is 695. The number of nitro groups is 1. The van der Waals surface area contributed by atoms with E-state index in [1.807, 2.05) is 0 Å². The molecule has 8 heteroatoms. The van der Waals surface area contributed by atoms with Crippen molar-refractivity contribution in [2.24, 2.45) is 0 Å². The van der Waals surface area contributed by atoms with E-state index in [0.29, 0.717) is 5.56 Å². The van der Waals surface area contributed by atoms with Crippen LogP contribution in [0.4, 0.5) is 5.69 Å². The highest BCUT2D eigenvalue weighted by molar-refractivity contribution is 6.33. The standard InChI is InChI=1S/C12H9ClN2O5/c1-6-10(12(16)19-2)11(14-20-6)8-4-3-7(15(17)18)5-9(8)13/h3-5H,1-2H3. The predicted molar refractivity (Wildman–Crippen MR) is 69.7 cm³/mol. The molecule has 0 fully saturated rings. The van der Waals surface area contributed by atoms with Crippen LogP contribution >= 0.6 is 11.6 Å². The minimum atomic E-state index is -0.617. The van der Waals surface area contributed by atoms with Gasteiger partial charge in [-0.3, -0.25) is 10.1 Å². The summed E-state index contributed by atoms with van der Waals surface area (Å²) in [5, 5.41) is 14.5. The van der Waals surface area contributed by atoms with Gasteiger partial charge < -0.3 is 9.26 Å². The van der Waals surface area contributed by atoms with Gasteiger partial charge >= 0.3 is 5.97 Å². The largest absolute Gasteiger partial charge is 0.465 e. The molecule has 0 aliphatic rings. The molecule has 0 atom stereocenters. The summed E-state index contributed by atoms with van der Waals surface area (Å²) in [6.07, 6.45) is 0. The van der Waals surface area contributed by atoms with Crippen LogP contribution in [0, 0.1) is 17.0 Å². The first-order valence-corrected chi connectivity index (χ1v) is 5.82. The molecule has 0 radical (unpaired) electrons. The molecule has 0 saturated carbocycles. The molecule has 0 bridgehead atoms. The number of non-ortho nitro benzene ring substituents is 1. The average Bonchev–Trinajstić information content (AvgIpc) is 2.79. The Morgan fingerprint density at radius 1 is 1.50 bits per heavy atom. The van der Waals surface area contributed by atoms with Crippen molar-refractivity contribution in [2.75, 3.05) is 7.11 Å². The quantitative estimate of drug-likeness (QED) is 0.491. The van der Waals surface area contributed by atoms with Crippen LogP contribution in [0.1, 0.15) is 16.1 Å². The lowest BCUT2D eigenvalue weighted by molar-refractivity contribution is -0.384. The highest BCUT2D eigenvalue weighted by Gasteiger charge is 2.24. The fraction of sp³-hybridized carbons (Fsp3) is 0.167. The Kier molecular flexibility index (Phi) is 3.71. The molecule has 1 aromatic carbocycles. The van der Waals surface area contributed by atoms with Crippen LogP contribution in [0.15, 0.2) is 22.7 Å². The van der Waals surface area contributed by atoms with Gasteiger partial charge in [-0.05, 0) is 13.0 Å². The first-order valence-electron chi connectivity index (χ1n) is 5.44. The molecule has 0 amide bonds. The molecule has 0 saturated heterocycles. The molecule has 1 aromatic heterocycles. The summed E-state index contributed by atoms with van der Waals surface area (Å²) >= 11 is 6.00. The van der Waals surface area contributed by atoms with Crippen LogP contribution in [0.5, 0.6) is 0 Å². The monoisotopic (exact) mass is 296 g/mol. The lowest BCUT2D eigenvalue weighted by atomic mass is 10.1. The first kappa shape index (κ1) is 14.0. The van der Waals surface area contributed by atoms with Crippen LogP contribution in [0.25, 0.3) is 11.3 Å². The molecular weight excluding hydrogens is 288 g/mol. The first-order chi connectivity index (χ1) is 9.45. The van der Waals surface area contributed by atoms with Gasteiger partial charge in [-0.15, -0.1) is 0 Å². The van der Waals surface area contributed by atoms with Gasteiger partial charge in [0.25, 0.3) is 5.69 Å². The Labute approximate surface area is 118 Å². The molecule has 7 nitrogen and oxygen atoms in total. The highest BCUT2D eigenvalue weighted by Crippen LogP contribution is 2.33. The molecule has 0 aliphatic carbocycles. The maximum absolute atomic E-state index is 11.7. The Balaban J connectivity index is 2.58. The van der Waals surface area contributed by atoms with E-state index in [4.69, 9.17) is 16.1 Å². The number of aryl methyl sites for hydroxylation is 1. The van der Waals surface area contributed by atoms with E-state index >= 15 is 0 Å². The van der Waals surface area contributed by atoms with E-state index in [-0.39, 0.29) is 27.7 Å². The van der Waals surface area contributed by atoms with Crippen molar-refractivity contribution in [3.05, 3.63) is 44.7 Å². The molecule has 0 aliphatic heterocycles. The molecule has 104 valence electrons. The van der Waals surface area contributed by atoms with Gasteiger partial charge in [0.15, 0.2) is 0 Å². The van der Waals surface area contributed by atoms with Gasteiger partial charge in [0.1, 0.15) is 17.0 Å². The van der Waals surface area contributed by atoms with Gasteiger partial charge in [0, 0.05) is 17.7 Å². The third-order valence-corrected chi connectivity index (χ3v) is 2.98. The van der Waals surface area contributed by atoms with Crippen LogP contribution in [-0.2, 0) is 4.74 Å². The molecule has 0 unspecified atom stereocenters. The molecular formula is C12H9ClN2O5. The predicted octanol–water partition coefficient (Wildman–Crippen LogP) is 3.00.